The molecule has 0 fully saturated rings. The average molecular weight is 328 g/mol. The lowest BCUT2D eigenvalue weighted by atomic mass is 10.0. The zero-order valence-corrected chi connectivity index (χ0v) is 13.6. The van der Waals surface area contributed by atoms with Gasteiger partial charge in [-0.1, -0.05) is 12.1 Å². The third-order valence-corrected chi connectivity index (χ3v) is 3.88. The number of nitrogens with two attached hydrogens (primary N) is 1. The third-order valence-electron chi connectivity index (χ3n) is 3.88. The first-order valence-corrected chi connectivity index (χ1v) is 7.86. The van der Waals surface area contributed by atoms with Crippen LogP contribution < -0.4 is 11.1 Å². The van der Waals surface area contributed by atoms with Crippen LogP contribution in [0.15, 0.2) is 48.5 Å². The standard InChI is InChI=1S/C19H21FN2O2/c1-13(2-3-14-4-6-16(7-5-14)19(21)24)22-12-18(23)15-8-10-17(20)11-9-15/h4-11,13,22H,2-3,12H2,1H3,(H2,21,24)/t13-/m1/s1. The summed E-state index contributed by atoms with van der Waals surface area (Å²) in [5, 5.41) is 3.18. The molecule has 4 nitrogen and oxygen atoms in total. The maximum absolute atomic E-state index is 12.8. The largest absolute Gasteiger partial charge is 0.366 e. The fourth-order valence-corrected chi connectivity index (χ4v) is 2.33. The highest BCUT2D eigenvalue weighted by molar-refractivity contribution is 5.97. The van der Waals surface area contributed by atoms with Gasteiger partial charge in [-0.25, -0.2) is 4.39 Å². The SMILES string of the molecule is C[C@H](CCc1ccc(C(N)=O)cc1)NCC(=O)c1ccc(F)cc1. The topological polar surface area (TPSA) is 72.2 Å². The van der Waals surface area contributed by atoms with Gasteiger partial charge >= 0.3 is 0 Å². The van der Waals surface area contributed by atoms with E-state index in [4.69, 9.17) is 5.73 Å². The number of rotatable bonds is 8. The molecule has 0 saturated carbocycles. The van der Waals surface area contributed by atoms with Crippen LogP contribution in [0, 0.1) is 5.82 Å². The number of halogens is 1. The van der Waals surface area contributed by atoms with Crippen LogP contribution in [0.1, 0.15) is 39.6 Å². The number of carbonyl (C=O) groups is 2. The van der Waals surface area contributed by atoms with E-state index in [1.807, 2.05) is 19.1 Å². The number of amides is 1. The Kier molecular flexibility index (Phi) is 6.21. The van der Waals surface area contributed by atoms with Gasteiger partial charge in [-0.05, 0) is 61.7 Å². The van der Waals surface area contributed by atoms with Crippen molar-refractivity contribution >= 4 is 11.7 Å². The van der Waals surface area contributed by atoms with E-state index in [2.05, 4.69) is 5.32 Å². The van der Waals surface area contributed by atoms with E-state index >= 15 is 0 Å². The molecule has 2 aromatic rings. The van der Waals surface area contributed by atoms with E-state index in [1.54, 1.807) is 12.1 Å². The first kappa shape index (κ1) is 17.8. The van der Waals surface area contributed by atoms with Gasteiger partial charge in [0.2, 0.25) is 5.91 Å². The first-order valence-electron chi connectivity index (χ1n) is 7.86. The Balaban J connectivity index is 1.76. The Morgan fingerprint density at radius 1 is 1.04 bits per heavy atom. The monoisotopic (exact) mass is 328 g/mol. The van der Waals surface area contributed by atoms with Crippen LogP contribution in [-0.4, -0.2) is 24.3 Å². The van der Waals surface area contributed by atoms with Crippen molar-refractivity contribution < 1.29 is 14.0 Å². The van der Waals surface area contributed by atoms with Crippen molar-refractivity contribution in [3.8, 4) is 0 Å². The quantitative estimate of drug-likeness (QED) is 0.732. The van der Waals surface area contributed by atoms with Gasteiger partial charge in [-0.15, -0.1) is 0 Å². The molecule has 1 atom stereocenters. The van der Waals surface area contributed by atoms with Gasteiger partial charge < -0.3 is 11.1 Å². The first-order chi connectivity index (χ1) is 11.5. The second-order valence-corrected chi connectivity index (χ2v) is 5.81. The minimum absolute atomic E-state index is 0.0624. The number of aryl methyl sites for hydroxylation is 1. The minimum Gasteiger partial charge on any atom is -0.366 e. The van der Waals surface area contributed by atoms with E-state index in [9.17, 15) is 14.0 Å². The van der Waals surface area contributed by atoms with Gasteiger partial charge in [-0.3, -0.25) is 9.59 Å². The zero-order valence-electron chi connectivity index (χ0n) is 13.6. The van der Waals surface area contributed by atoms with Crippen molar-refractivity contribution in [3.05, 3.63) is 71.0 Å². The number of hydrogen-bond donors (Lipinski definition) is 2. The number of Topliss-reactive ketones (excluding diaryl/α,β-unsaturated/α-hetero) is 1. The number of ketones is 1. The van der Waals surface area contributed by atoms with Gasteiger partial charge in [0.15, 0.2) is 5.78 Å². The third kappa shape index (κ3) is 5.28. The molecular formula is C19H21FN2O2. The molecule has 0 unspecified atom stereocenters. The van der Waals surface area contributed by atoms with Crippen molar-refractivity contribution in [3.63, 3.8) is 0 Å². The highest BCUT2D eigenvalue weighted by Crippen LogP contribution is 2.08. The van der Waals surface area contributed by atoms with Crippen LogP contribution in [0.4, 0.5) is 4.39 Å². The van der Waals surface area contributed by atoms with Crippen LogP contribution >= 0.6 is 0 Å². The second-order valence-electron chi connectivity index (χ2n) is 5.81. The van der Waals surface area contributed by atoms with Gasteiger partial charge in [-0.2, -0.15) is 0 Å². The number of benzene rings is 2. The average Bonchev–Trinajstić information content (AvgIpc) is 2.58. The molecule has 2 aromatic carbocycles. The van der Waals surface area contributed by atoms with E-state index in [0.29, 0.717) is 11.1 Å². The zero-order chi connectivity index (χ0) is 17.5. The minimum atomic E-state index is -0.434. The number of carbonyl (C=O) groups excluding carboxylic acids is 2. The lowest BCUT2D eigenvalue weighted by Gasteiger charge is -2.13. The molecule has 0 aromatic heterocycles. The summed E-state index contributed by atoms with van der Waals surface area (Å²) < 4.78 is 12.8. The summed E-state index contributed by atoms with van der Waals surface area (Å²) in [4.78, 5) is 23.0. The van der Waals surface area contributed by atoms with Crippen molar-refractivity contribution in [2.24, 2.45) is 5.73 Å². The van der Waals surface area contributed by atoms with E-state index in [1.165, 1.54) is 24.3 Å². The fourth-order valence-electron chi connectivity index (χ4n) is 2.33. The van der Waals surface area contributed by atoms with Crippen LogP contribution in [-0.2, 0) is 6.42 Å². The van der Waals surface area contributed by atoms with Crippen molar-refractivity contribution in [1.29, 1.82) is 0 Å². The normalized spacial score (nSPS) is 11.9. The lowest BCUT2D eigenvalue weighted by Crippen LogP contribution is -2.31. The van der Waals surface area contributed by atoms with Crippen LogP contribution in [0.25, 0.3) is 0 Å². The molecule has 24 heavy (non-hydrogen) atoms. The van der Waals surface area contributed by atoms with Crippen LogP contribution in [0.2, 0.25) is 0 Å². The molecule has 0 spiro atoms. The smallest absolute Gasteiger partial charge is 0.248 e. The number of nitrogens with one attached hydrogen (secondary N) is 1. The molecule has 0 aliphatic carbocycles. The van der Waals surface area contributed by atoms with Gasteiger partial charge in [0, 0.05) is 17.2 Å². The second kappa shape index (κ2) is 8.36. The summed E-state index contributed by atoms with van der Waals surface area (Å²) in [5.41, 5.74) is 7.31. The Morgan fingerprint density at radius 2 is 1.62 bits per heavy atom. The lowest BCUT2D eigenvalue weighted by molar-refractivity contribution is 0.0983. The van der Waals surface area contributed by atoms with E-state index in [-0.39, 0.29) is 24.2 Å². The van der Waals surface area contributed by atoms with Crippen LogP contribution in [0.3, 0.4) is 0 Å². The molecule has 126 valence electrons. The Labute approximate surface area is 140 Å². The highest BCUT2D eigenvalue weighted by Gasteiger charge is 2.09. The molecule has 0 aliphatic rings. The molecular weight excluding hydrogens is 307 g/mol. The van der Waals surface area contributed by atoms with Gasteiger partial charge in [0.05, 0.1) is 6.54 Å². The maximum atomic E-state index is 12.8. The summed E-state index contributed by atoms with van der Waals surface area (Å²) in [6, 6.07) is 12.9. The van der Waals surface area contributed by atoms with E-state index in [0.717, 1.165) is 18.4 Å². The highest BCUT2D eigenvalue weighted by atomic mass is 19.1. The summed E-state index contributed by atoms with van der Waals surface area (Å²) in [7, 11) is 0. The maximum Gasteiger partial charge on any atom is 0.248 e. The molecule has 0 radical (unpaired) electrons. The molecule has 0 heterocycles. The number of primary amides is 1. The summed E-state index contributed by atoms with van der Waals surface area (Å²) in [6.45, 7) is 2.23. The number of hydrogen-bond acceptors (Lipinski definition) is 3. The van der Waals surface area contributed by atoms with E-state index < -0.39 is 5.91 Å². The predicted molar refractivity (Wildman–Crippen MR) is 91.5 cm³/mol. The predicted octanol–water partition coefficient (Wildman–Crippen LogP) is 2.72. The summed E-state index contributed by atoms with van der Waals surface area (Å²) >= 11 is 0. The Bertz CT molecular complexity index is 696. The fraction of sp³-hybridized carbons (Fsp3) is 0.263. The van der Waals surface area contributed by atoms with Crippen LogP contribution in [0.5, 0.6) is 0 Å². The molecule has 5 heteroatoms. The molecule has 0 saturated heterocycles. The molecule has 1 amide bonds. The van der Waals surface area contributed by atoms with Gasteiger partial charge in [0.25, 0.3) is 0 Å². The molecule has 0 bridgehead atoms. The molecule has 2 rings (SSSR count). The molecule has 0 aliphatic heterocycles. The van der Waals surface area contributed by atoms with Crippen molar-refractivity contribution in [1.82, 2.24) is 5.32 Å². The molecule has 3 N–H and O–H groups in total. The van der Waals surface area contributed by atoms with Gasteiger partial charge in [0.1, 0.15) is 5.82 Å². The summed E-state index contributed by atoms with van der Waals surface area (Å²) in [6.07, 6.45) is 1.69. The Morgan fingerprint density at radius 3 is 2.21 bits per heavy atom. The Hall–Kier alpha value is -2.53. The summed E-state index contributed by atoms with van der Waals surface area (Å²) in [5.74, 6) is -0.848. The van der Waals surface area contributed by atoms with Crippen molar-refractivity contribution in [2.75, 3.05) is 6.54 Å². The van der Waals surface area contributed by atoms with Crippen molar-refractivity contribution in [2.45, 2.75) is 25.8 Å².